The van der Waals surface area contributed by atoms with E-state index >= 15 is 0 Å². The summed E-state index contributed by atoms with van der Waals surface area (Å²) in [5, 5.41) is 33.5. The normalized spacial score (nSPS) is 18.7. The van der Waals surface area contributed by atoms with E-state index in [0.29, 0.717) is 75.4 Å². The molecule has 2 aromatic rings. The van der Waals surface area contributed by atoms with Crippen molar-refractivity contribution in [1.29, 1.82) is 0 Å². The minimum Gasteiger partial charge on any atom is -0.480 e. The molecule has 8 amide bonds. The van der Waals surface area contributed by atoms with Crippen LogP contribution in [-0.2, 0) is 56.0 Å². The van der Waals surface area contributed by atoms with Crippen LogP contribution in [-0.4, -0.2) is 184 Å². The molecular weight excluding hydrogens is 1250 g/mol. The van der Waals surface area contributed by atoms with Gasteiger partial charge in [-0.05, 0) is 133 Å². The van der Waals surface area contributed by atoms with E-state index in [1.807, 2.05) is 45.2 Å². The fraction of sp³-hybridized carbons (Fsp3) is 0.540. The van der Waals surface area contributed by atoms with Crippen LogP contribution < -0.4 is 61.0 Å². The lowest BCUT2D eigenvalue weighted by molar-refractivity contribution is -0.147. The number of likely N-dealkylation sites (tertiary alicyclic amines) is 3. The van der Waals surface area contributed by atoms with E-state index in [-0.39, 0.29) is 70.2 Å². The van der Waals surface area contributed by atoms with Crippen LogP contribution in [0.15, 0.2) is 52.4 Å². The third-order valence-corrected chi connectivity index (χ3v) is 15.5. The van der Waals surface area contributed by atoms with Gasteiger partial charge in [-0.3, -0.25) is 48.3 Å². The number of aliphatic hydroxyl groups excluding tert-OH is 1. The topological polar surface area (TPSA) is 445 Å². The van der Waals surface area contributed by atoms with Crippen LogP contribution in [0, 0.1) is 7.14 Å². The van der Waals surface area contributed by atoms with Crippen LogP contribution in [0.4, 0.5) is 5.69 Å². The zero-order valence-corrected chi connectivity index (χ0v) is 47.9. The molecule has 0 saturated carbocycles. The fourth-order valence-electron chi connectivity index (χ4n) is 9.69. The maximum Gasteiger partial charge on any atom is 0.326 e. The number of aliphatic carboxylic acids is 1. The van der Waals surface area contributed by atoms with Gasteiger partial charge in [-0.25, -0.2) is 4.79 Å². The number of anilines is 1. The molecule has 432 valence electrons. The van der Waals surface area contributed by atoms with E-state index < -0.39 is 115 Å². The Balaban J connectivity index is 1.25. The van der Waals surface area contributed by atoms with E-state index in [1.165, 1.54) is 14.7 Å². The number of aliphatic imine (C=N–C) groups is 2. The molecule has 2 aromatic carbocycles. The van der Waals surface area contributed by atoms with Gasteiger partial charge in [-0.1, -0.05) is 30.3 Å². The van der Waals surface area contributed by atoms with Crippen LogP contribution in [0.3, 0.4) is 0 Å². The average Bonchev–Trinajstić information content (AvgIpc) is 4.32. The van der Waals surface area contributed by atoms with E-state index in [1.54, 1.807) is 42.5 Å². The molecule has 27 nitrogen and oxygen atoms in total. The molecule has 0 aliphatic carbocycles. The lowest BCUT2D eigenvalue weighted by Gasteiger charge is -2.32. The van der Waals surface area contributed by atoms with Gasteiger partial charge in [0.25, 0.3) is 0 Å². The van der Waals surface area contributed by atoms with Gasteiger partial charge in [0.05, 0.1) is 24.9 Å². The first-order chi connectivity index (χ1) is 37.6. The summed E-state index contributed by atoms with van der Waals surface area (Å²) in [5.74, 6) is -7.06. The van der Waals surface area contributed by atoms with E-state index in [0.717, 1.165) is 0 Å². The minimum atomic E-state index is -1.62. The summed E-state index contributed by atoms with van der Waals surface area (Å²) in [6.07, 6.45) is 2.96. The Morgan fingerprint density at radius 1 is 0.633 bits per heavy atom. The SMILES string of the molecule is NC(N)=NCCC[C@H](NC(=O)[C@H](Cc1ccccc1)NC(=O)[C@@H]1CCCN1C(=O)[C@H](CO)NC(=O)[C@H](Cc1cc(I)c(N)c(I)c1)NC(=O)CNC(=O)[C@@H]1CCCN1C(=O)[C@@H]1CCCN1C(=O)[C@@H](N)CCCN=C(N)N)C(=O)O. The number of carbonyl (C=O) groups is 9. The van der Waals surface area contributed by atoms with Gasteiger partial charge in [-0.15, -0.1) is 0 Å². The summed E-state index contributed by atoms with van der Waals surface area (Å²) in [7, 11) is 0. The molecule has 3 aliphatic heterocycles. The van der Waals surface area contributed by atoms with E-state index in [9.17, 15) is 53.4 Å². The summed E-state index contributed by atoms with van der Waals surface area (Å²) in [6.45, 7) is -0.536. The van der Waals surface area contributed by atoms with Crippen molar-refractivity contribution in [3.63, 3.8) is 0 Å². The van der Waals surface area contributed by atoms with Gasteiger partial charge in [0.1, 0.15) is 42.3 Å². The Hall–Kier alpha value is -6.61. The molecule has 8 atom stereocenters. The number of hydrogen-bond donors (Lipinski definition) is 13. The maximum absolute atomic E-state index is 14.3. The predicted octanol–water partition coefficient (Wildman–Crippen LogP) is -3.20. The van der Waals surface area contributed by atoms with Gasteiger partial charge in [0.2, 0.25) is 47.3 Å². The summed E-state index contributed by atoms with van der Waals surface area (Å²) in [5.41, 5.74) is 35.6. The zero-order chi connectivity index (χ0) is 57.9. The number of nitrogens with one attached hydrogen (secondary N) is 5. The number of amides is 8. The molecule has 0 spiro atoms. The molecule has 29 heteroatoms. The highest BCUT2D eigenvalue weighted by Crippen LogP contribution is 2.27. The van der Waals surface area contributed by atoms with E-state index in [2.05, 4.69) is 36.6 Å². The number of nitrogens with two attached hydrogens (primary N) is 6. The molecule has 0 bridgehead atoms. The standard InChI is InChI=1S/C50H72I2N16O11/c51-29-21-28(22-30(52)40(29)54)24-33(62-39(70)25-61-43(73)36-13-6-19-67(36)47(77)38-15-8-20-68(38)45(75)31(53)11-4-16-59-49(55)56)41(71)65-35(26-69)46(76)66-18-7-14-37(66)44(74)64-34(23-27-9-2-1-3-10-27)42(72)63-32(48(78)79)12-5-17-60-50(57)58/h1-3,9-10,21-22,31-38,69H,4-8,11-20,23-26,53-54H2,(H,61,73)(H,62,70)(H,63,72)(H,64,74)(H,65,71)(H,78,79)(H4,55,56,59)(H4,57,58,60)/t31-,32-,33-,34-,35-,36-,37-,38-/m0/s1. The van der Waals surface area contributed by atoms with Crippen LogP contribution in [0.2, 0.25) is 0 Å². The summed E-state index contributed by atoms with van der Waals surface area (Å²) < 4.78 is 1.32. The Bertz CT molecular complexity index is 2570. The number of nitrogen functional groups attached to an aromatic ring is 1. The first-order valence-corrected chi connectivity index (χ1v) is 28.1. The second-order valence-corrected chi connectivity index (χ2v) is 21.8. The number of carboxylic acids is 1. The van der Waals surface area contributed by atoms with Gasteiger partial charge >= 0.3 is 5.97 Å². The number of guanidine groups is 2. The smallest absolute Gasteiger partial charge is 0.326 e. The largest absolute Gasteiger partial charge is 0.480 e. The molecule has 0 radical (unpaired) electrons. The quantitative estimate of drug-likeness (QED) is 0.0138. The summed E-state index contributed by atoms with van der Waals surface area (Å²) in [6, 6.07) is 2.60. The van der Waals surface area contributed by atoms with Crippen molar-refractivity contribution in [3.8, 4) is 0 Å². The predicted molar refractivity (Wildman–Crippen MR) is 308 cm³/mol. The first-order valence-electron chi connectivity index (χ1n) is 26.0. The van der Waals surface area contributed by atoms with Crippen LogP contribution in [0.25, 0.3) is 0 Å². The highest BCUT2D eigenvalue weighted by atomic mass is 127. The Labute approximate surface area is 484 Å². The van der Waals surface area contributed by atoms with Crippen LogP contribution in [0.1, 0.15) is 75.3 Å². The number of carbonyl (C=O) groups excluding carboxylic acids is 8. The van der Waals surface area contributed by atoms with Crippen molar-refractivity contribution in [3.05, 3.63) is 60.7 Å². The van der Waals surface area contributed by atoms with Gasteiger partial charge in [0, 0.05) is 52.7 Å². The molecule has 0 aromatic heterocycles. The van der Waals surface area contributed by atoms with Crippen molar-refractivity contribution in [1.82, 2.24) is 41.3 Å². The second-order valence-electron chi connectivity index (χ2n) is 19.5. The molecule has 3 heterocycles. The molecule has 0 unspecified atom stereocenters. The van der Waals surface area contributed by atoms with Gasteiger partial charge in [-0.2, -0.15) is 0 Å². The Kier molecular flexibility index (Phi) is 24.5. The first kappa shape index (κ1) is 63.2. The number of carboxylic acid groups (broad SMARTS) is 1. The summed E-state index contributed by atoms with van der Waals surface area (Å²) in [4.78, 5) is 135. The maximum atomic E-state index is 14.3. The van der Waals surface area contributed by atoms with Crippen molar-refractivity contribution in [2.45, 2.75) is 125 Å². The van der Waals surface area contributed by atoms with Crippen molar-refractivity contribution < 1.29 is 53.4 Å². The summed E-state index contributed by atoms with van der Waals surface area (Å²) >= 11 is 4.06. The third kappa shape index (κ3) is 18.5. The zero-order valence-electron chi connectivity index (χ0n) is 43.6. The van der Waals surface area contributed by atoms with Gasteiger partial charge in [0.15, 0.2) is 11.9 Å². The molecule has 3 fully saturated rings. The molecular formula is C50H72I2N16O11. The molecule has 3 saturated heterocycles. The van der Waals surface area contributed by atoms with Crippen LogP contribution in [0.5, 0.6) is 0 Å². The van der Waals surface area contributed by atoms with Crippen molar-refractivity contribution in [2.24, 2.45) is 38.7 Å². The Morgan fingerprint density at radius 2 is 1.14 bits per heavy atom. The average molecular weight is 1330 g/mol. The number of nitrogens with zero attached hydrogens (tertiary/aromatic N) is 5. The third-order valence-electron chi connectivity index (χ3n) is 13.7. The minimum absolute atomic E-state index is 0.0276. The van der Waals surface area contributed by atoms with Crippen molar-refractivity contribution in [2.75, 3.05) is 51.6 Å². The lowest BCUT2D eigenvalue weighted by atomic mass is 10.0. The number of benzene rings is 2. The fourth-order valence-corrected chi connectivity index (χ4v) is 11.6. The Morgan fingerprint density at radius 3 is 1.71 bits per heavy atom. The highest BCUT2D eigenvalue weighted by molar-refractivity contribution is 14.1. The second kappa shape index (κ2) is 30.7. The molecule has 3 aliphatic rings. The van der Waals surface area contributed by atoms with Crippen LogP contribution >= 0.6 is 45.2 Å². The number of rotatable bonds is 27. The highest BCUT2D eigenvalue weighted by Gasteiger charge is 2.44. The monoisotopic (exact) mass is 1330 g/mol. The molecule has 79 heavy (non-hydrogen) atoms. The van der Waals surface area contributed by atoms with Crippen molar-refractivity contribution >= 4 is 116 Å². The molecule has 5 rings (SSSR count). The van der Waals surface area contributed by atoms with Gasteiger partial charge < -0.3 is 85.9 Å². The van der Waals surface area contributed by atoms with E-state index in [4.69, 9.17) is 34.4 Å². The number of halogens is 2. The number of aliphatic hydroxyl groups is 1. The number of hydrogen-bond acceptors (Lipinski definition) is 14. The molecule has 19 N–H and O–H groups in total. The lowest BCUT2D eigenvalue weighted by Crippen LogP contribution is -2.60.